The van der Waals surface area contributed by atoms with E-state index in [1.54, 1.807) is 17.3 Å². The number of anilines is 2. The minimum Gasteiger partial charge on any atom is -0.382 e. The molecule has 0 atom stereocenters. The molecule has 17 nitrogen and oxygen atoms in total. The van der Waals surface area contributed by atoms with Gasteiger partial charge in [-0.15, -0.1) is 0 Å². The van der Waals surface area contributed by atoms with E-state index in [9.17, 15) is 4.79 Å². The number of H-pyrrole nitrogens is 4. The van der Waals surface area contributed by atoms with Crippen LogP contribution in [0, 0.1) is 0 Å². The maximum atomic E-state index is 12.9. The monoisotopic (exact) mass is 727 g/mol. The van der Waals surface area contributed by atoms with Crippen LogP contribution in [-0.2, 0) is 17.8 Å². The summed E-state index contributed by atoms with van der Waals surface area (Å²) in [5.74, 6) is 2.38. The molecule has 17 heteroatoms. The fourth-order valence-electron chi connectivity index (χ4n) is 6.65. The highest BCUT2D eigenvalue weighted by Crippen LogP contribution is 2.31. The van der Waals surface area contributed by atoms with Crippen LogP contribution in [0.4, 0.5) is 16.4 Å². The summed E-state index contributed by atoms with van der Waals surface area (Å²) in [5.41, 5.74) is 20.9. The molecule has 0 spiro atoms. The molecule has 276 valence electrons. The fourth-order valence-corrected chi connectivity index (χ4v) is 6.65. The molecule has 7 heterocycles. The lowest BCUT2D eigenvalue weighted by Gasteiger charge is -2.32. The van der Waals surface area contributed by atoms with Gasteiger partial charge >= 0.3 is 6.03 Å². The van der Waals surface area contributed by atoms with Crippen molar-refractivity contribution in [2.45, 2.75) is 26.9 Å². The van der Waals surface area contributed by atoms with Crippen molar-refractivity contribution in [3.63, 3.8) is 0 Å². The van der Waals surface area contributed by atoms with Crippen molar-refractivity contribution in [3.05, 3.63) is 72.6 Å². The molecule has 9 N–H and O–H groups in total. The Labute approximate surface area is 308 Å². The maximum Gasteiger partial charge on any atom is 0.320 e. The molecule has 6 aromatic heterocycles. The Bertz CT molecular complexity index is 2550. The number of ether oxygens (including phenoxy) is 1. The van der Waals surface area contributed by atoms with Gasteiger partial charge in [-0.05, 0) is 49.9 Å². The molecule has 2 amide bonds. The highest BCUT2D eigenvalue weighted by Gasteiger charge is 2.23. The zero-order valence-electron chi connectivity index (χ0n) is 30.0. The van der Waals surface area contributed by atoms with E-state index in [0.717, 1.165) is 73.2 Å². The lowest BCUT2D eigenvalue weighted by atomic mass is 10.1. The van der Waals surface area contributed by atoms with Crippen LogP contribution in [0.25, 0.3) is 66.4 Å². The van der Waals surface area contributed by atoms with Crippen LogP contribution in [0.15, 0.2) is 60.9 Å². The van der Waals surface area contributed by atoms with Gasteiger partial charge in [-0.1, -0.05) is 19.1 Å². The summed E-state index contributed by atoms with van der Waals surface area (Å²) in [6.45, 7) is 8.89. The van der Waals surface area contributed by atoms with E-state index in [1.165, 1.54) is 0 Å². The molecule has 0 saturated carbocycles. The topological polar surface area (TPSA) is 237 Å². The van der Waals surface area contributed by atoms with Gasteiger partial charge in [0.1, 0.15) is 45.4 Å². The van der Waals surface area contributed by atoms with Crippen LogP contribution >= 0.6 is 0 Å². The number of hydrogen-bond acceptors (Lipinski definition) is 11. The Kier molecular flexibility index (Phi) is 9.45. The van der Waals surface area contributed by atoms with Crippen LogP contribution in [0.1, 0.15) is 25.5 Å². The number of hydrogen-bond donors (Lipinski definition) is 7. The summed E-state index contributed by atoms with van der Waals surface area (Å²) in [5, 5.41) is 19.0. The Hall–Kier alpha value is -6.59. The van der Waals surface area contributed by atoms with Gasteiger partial charge in [0.15, 0.2) is 0 Å². The van der Waals surface area contributed by atoms with E-state index in [0.29, 0.717) is 68.9 Å². The van der Waals surface area contributed by atoms with Crippen molar-refractivity contribution in [1.82, 2.24) is 65.4 Å². The van der Waals surface area contributed by atoms with E-state index in [1.807, 2.05) is 60.4 Å². The van der Waals surface area contributed by atoms with E-state index in [4.69, 9.17) is 21.2 Å². The number of aromatic nitrogens is 10. The van der Waals surface area contributed by atoms with Gasteiger partial charge in [0, 0.05) is 53.9 Å². The second kappa shape index (κ2) is 14.8. The summed E-state index contributed by atoms with van der Waals surface area (Å²) in [4.78, 5) is 41.5. The van der Waals surface area contributed by atoms with Gasteiger partial charge < -0.3 is 41.3 Å². The summed E-state index contributed by atoms with van der Waals surface area (Å²) in [6, 6.07) is 15.8. The van der Waals surface area contributed by atoms with Gasteiger partial charge in [0.25, 0.3) is 0 Å². The molecule has 9 rings (SSSR count). The van der Waals surface area contributed by atoms with Crippen LogP contribution in [-0.4, -0.2) is 106 Å². The molecule has 54 heavy (non-hydrogen) atoms. The number of nitrogens with two attached hydrogens (primary N) is 2. The maximum absolute atomic E-state index is 12.9. The molecule has 2 aromatic carbocycles. The van der Waals surface area contributed by atoms with Crippen molar-refractivity contribution in [2.24, 2.45) is 0 Å². The quantitative estimate of drug-likeness (QED) is 0.115. The molecule has 1 fully saturated rings. The Balaban J connectivity index is 0.000000160. The van der Waals surface area contributed by atoms with Crippen LogP contribution < -0.4 is 16.8 Å². The third kappa shape index (κ3) is 6.72. The van der Waals surface area contributed by atoms with Gasteiger partial charge in [-0.3, -0.25) is 10.2 Å². The number of aromatic amines is 4. The average Bonchev–Trinajstić information content (AvgIpc) is 4.04. The number of nitrogens with one attached hydrogen (secondary N) is 5. The predicted molar refractivity (Wildman–Crippen MR) is 208 cm³/mol. The molecule has 0 bridgehead atoms. The number of nitrogens with zero attached hydrogens (tertiary/aromatic N) is 8. The molecule has 0 aliphatic carbocycles. The predicted octanol–water partition coefficient (Wildman–Crippen LogP) is 4.55. The van der Waals surface area contributed by atoms with Crippen molar-refractivity contribution >= 4 is 61.5 Å². The van der Waals surface area contributed by atoms with E-state index in [2.05, 4.69) is 57.6 Å². The van der Waals surface area contributed by atoms with E-state index in [-0.39, 0.29) is 6.03 Å². The summed E-state index contributed by atoms with van der Waals surface area (Å²) in [7, 11) is 0. The number of amides is 2. The molecular formula is C37H41N15O2. The number of urea groups is 1. The standard InChI is InChI=1S/C21H24N8O2.C16H17N7/c1-2-28(21(30)29-7-9-31-10-8-29)12-17-25-18-14-4-3-13(15-5-6-23-27-15)11-16(14)24-20(22)19(18)26-17;1-2-18-8-13-21-14-10-4-3-9(11-5-6-19-23-11)7-12(10)20-16(17)15(14)22-13/h3-6,11H,2,7-10,12H2,1H3,(H2,22,24)(H,23,27)(H,25,26);3-7,18H,2,8H2,1H3,(H2,17,20)(H,19,23)(H,21,22). The van der Waals surface area contributed by atoms with Crippen LogP contribution in [0.2, 0.25) is 0 Å². The normalized spacial score (nSPS) is 13.2. The van der Waals surface area contributed by atoms with Crippen LogP contribution in [0.3, 0.4) is 0 Å². The van der Waals surface area contributed by atoms with Crippen molar-refractivity contribution in [2.75, 3.05) is 50.9 Å². The lowest BCUT2D eigenvalue weighted by Crippen LogP contribution is -2.47. The second-order valence-corrected chi connectivity index (χ2v) is 12.9. The van der Waals surface area contributed by atoms with Crippen LogP contribution in [0.5, 0.6) is 0 Å². The first kappa shape index (κ1) is 34.5. The van der Waals surface area contributed by atoms with E-state index < -0.39 is 0 Å². The number of benzene rings is 2. The number of pyridine rings is 2. The van der Waals surface area contributed by atoms with E-state index >= 15 is 0 Å². The third-order valence-corrected chi connectivity index (χ3v) is 9.45. The minimum absolute atomic E-state index is 0.00795. The number of imidazole rings is 2. The average molecular weight is 728 g/mol. The van der Waals surface area contributed by atoms with Gasteiger partial charge in [0.05, 0.1) is 48.7 Å². The molecular weight excluding hydrogens is 687 g/mol. The Morgan fingerprint density at radius 3 is 1.87 bits per heavy atom. The third-order valence-electron chi connectivity index (χ3n) is 9.45. The highest BCUT2D eigenvalue weighted by atomic mass is 16.5. The summed E-state index contributed by atoms with van der Waals surface area (Å²) >= 11 is 0. The molecule has 1 aliphatic heterocycles. The first-order chi connectivity index (χ1) is 26.4. The smallest absolute Gasteiger partial charge is 0.320 e. The minimum atomic E-state index is -0.00795. The summed E-state index contributed by atoms with van der Waals surface area (Å²) < 4.78 is 5.35. The molecule has 8 aromatic rings. The van der Waals surface area contributed by atoms with Gasteiger partial charge in [0.2, 0.25) is 0 Å². The number of carbonyl (C=O) groups is 1. The highest BCUT2D eigenvalue weighted by molar-refractivity contribution is 6.08. The van der Waals surface area contributed by atoms with Crippen molar-refractivity contribution in [3.8, 4) is 22.5 Å². The fraction of sp³-hybridized carbons (Fsp3) is 0.270. The first-order valence-electron chi connectivity index (χ1n) is 17.9. The molecule has 0 radical (unpaired) electrons. The molecule has 1 aliphatic rings. The van der Waals surface area contributed by atoms with Gasteiger partial charge in [-0.25, -0.2) is 24.7 Å². The SMILES string of the molecule is CCN(Cc1nc2c([nH]1)c(N)nc1cc(-c3ccn[nH]3)ccc12)C(=O)N1CCOCC1.CCNCc1nc2c([nH]1)c(N)nc1cc(-c3ccn[nH]3)ccc12. The Morgan fingerprint density at radius 2 is 1.35 bits per heavy atom. The zero-order chi connectivity index (χ0) is 37.2. The number of morpholine rings is 1. The lowest BCUT2D eigenvalue weighted by molar-refractivity contribution is 0.0429. The Morgan fingerprint density at radius 1 is 0.796 bits per heavy atom. The number of rotatable bonds is 8. The van der Waals surface area contributed by atoms with Crippen molar-refractivity contribution < 1.29 is 9.53 Å². The van der Waals surface area contributed by atoms with Crippen molar-refractivity contribution in [1.29, 1.82) is 0 Å². The largest absolute Gasteiger partial charge is 0.382 e. The zero-order valence-corrected chi connectivity index (χ0v) is 30.0. The molecule has 0 unspecified atom stereocenters. The second-order valence-electron chi connectivity index (χ2n) is 12.9. The van der Waals surface area contributed by atoms with Gasteiger partial charge in [-0.2, -0.15) is 10.2 Å². The number of nitrogen functional groups attached to an aromatic ring is 2. The first-order valence-corrected chi connectivity index (χ1v) is 17.9. The molecule has 1 saturated heterocycles. The number of fused-ring (bicyclic) bond motifs is 6. The summed E-state index contributed by atoms with van der Waals surface area (Å²) in [6.07, 6.45) is 3.44. The number of carbonyl (C=O) groups excluding carboxylic acids is 1.